The fraction of sp³-hybridized carbons (Fsp3) is 0.886. The molecule has 6 nitrogen and oxygen atoms in total. The number of esters is 1. The second kappa shape index (κ2) is 83.2. The molecule has 2 unspecified atom stereocenters. The standard InChI is InChI=1S/C88H167NO5/c1-3-5-7-9-11-13-15-17-19-21-23-45-48-52-56-60-64-68-72-76-80-86(91)85(84-90)89-87(92)81-77-73-69-65-61-57-53-49-46-43-41-39-37-35-33-31-29-27-25-24-26-28-30-32-34-36-38-40-42-44-47-51-55-59-63-67-71-75-79-83-94-88(93)82-78-74-70-66-62-58-54-50-22-20-18-16-14-12-10-8-6-4-2/h20,22,24-25,28,30,76,80,85-86,90-91H,3-19,21,23,26-27,29,31-75,77-79,81-84H2,1-2H3,(H,89,92)/b22-20-,25-24-,30-28-,80-76+. The molecule has 0 aromatic rings. The van der Waals surface area contributed by atoms with Crippen LogP contribution in [0.5, 0.6) is 0 Å². The molecule has 0 fully saturated rings. The first-order chi connectivity index (χ1) is 46.5. The van der Waals surface area contributed by atoms with E-state index in [4.69, 9.17) is 4.74 Å². The van der Waals surface area contributed by atoms with Crippen LogP contribution in [0.4, 0.5) is 0 Å². The van der Waals surface area contributed by atoms with Crippen LogP contribution in [0.15, 0.2) is 48.6 Å². The maximum absolute atomic E-state index is 12.5. The van der Waals surface area contributed by atoms with Crippen LogP contribution in [0.2, 0.25) is 0 Å². The predicted molar refractivity (Wildman–Crippen MR) is 416 cm³/mol. The van der Waals surface area contributed by atoms with E-state index < -0.39 is 12.1 Å². The van der Waals surface area contributed by atoms with Crippen molar-refractivity contribution in [3.8, 4) is 0 Å². The summed E-state index contributed by atoms with van der Waals surface area (Å²) < 4.78 is 5.51. The van der Waals surface area contributed by atoms with Crippen LogP contribution in [0, 0.1) is 0 Å². The van der Waals surface area contributed by atoms with Crippen LogP contribution in [0.25, 0.3) is 0 Å². The number of hydrogen-bond donors (Lipinski definition) is 3. The van der Waals surface area contributed by atoms with Crippen molar-refractivity contribution in [3.63, 3.8) is 0 Å². The van der Waals surface area contributed by atoms with Gasteiger partial charge < -0.3 is 20.3 Å². The van der Waals surface area contributed by atoms with Crippen LogP contribution < -0.4 is 5.32 Å². The summed E-state index contributed by atoms with van der Waals surface area (Å²) in [7, 11) is 0. The largest absolute Gasteiger partial charge is 0.466 e. The summed E-state index contributed by atoms with van der Waals surface area (Å²) in [4.78, 5) is 24.7. The number of aliphatic hydroxyl groups is 2. The number of amides is 1. The van der Waals surface area contributed by atoms with Crippen LogP contribution in [0.1, 0.15) is 476 Å². The lowest BCUT2D eigenvalue weighted by atomic mass is 10.0. The zero-order valence-electron chi connectivity index (χ0n) is 63.7. The fourth-order valence-corrected chi connectivity index (χ4v) is 13.5. The van der Waals surface area contributed by atoms with Gasteiger partial charge in [-0.2, -0.15) is 0 Å². The molecule has 0 aromatic carbocycles. The molecule has 0 saturated carbocycles. The van der Waals surface area contributed by atoms with E-state index in [1.807, 2.05) is 6.08 Å². The Morgan fingerprint density at radius 3 is 0.819 bits per heavy atom. The van der Waals surface area contributed by atoms with Crippen molar-refractivity contribution in [2.75, 3.05) is 13.2 Å². The number of aliphatic hydroxyl groups excluding tert-OH is 2. The summed E-state index contributed by atoms with van der Waals surface area (Å²) in [6.45, 7) is 4.95. The maximum atomic E-state index is 12.5. The van der Waals surface area contributed by atoms with Gasteiger partial charge in [0.15, 0.2) is 0 Å². The van der Waals surface area contributed by atoms with E-state index in [-0.39, 0.29) is 18.5 Å². The SMILES string of the molecule is CCCCCCCCC/C=C\CCCCCCCCCC(=O)OCCCCCCCCCCCCCCCCC/C=C\C/C=C\CCCCCCCCCCCCCCCCCCCC(=O)NC(CO)C(O)/C=C/CCCCCCCCCCCCCCCCCCCC. The number of allylic oxidation sites excluding steroid dienone is 7. The van der Waals surface area contributed by atoms with Crippen molar-refractivity contribution in [3.05, 3.63) is 48.6 Å². The average molecular weight is 1320 g/mol. The molecule has 0 aliphatic heterocycles. The summed E-state index contributed by atoms with van der Waals surface area (Å²) >= 11 is 0. The second-order valence-corrected chi connectivity index (χ2v) is 29.5. The van der Waals surface area contributed by atoms with Crippen LogP contribution in [0.3, 0.4) is 0 Å². The monoisotopic (exact) mass is 1320 g/mol. The lowest BCUT2D eigenvalue weighted by molar-refractivity contribution is -0.143. The molecule has 1 amide bonds. The molecule has 3 N–H and O–H groups in total. The average Bonchev–Trinajstić information content (AvgIpc) is 3.37. The summed E-state index contributed by atoms with van der Waals surface area (Å²) in [6.07, 6.45) is 111. The van der Waals surface area contributed by atoms with Gasteiger partial charge in [-0.05, 0) is 89.9 Å². The van der Waals surface area contributed by atoms with Gasteiger partial charge in [-0.1, -0.05) is 422 Å². The number of nitrogens with one attached hydrogen (secondary N) is 1. The van der Waals surface area contributed by atoms with Gasteiger partial charge in [0.2, 0.25) is 5.91 Å². The highest BCUT2D eigenvalue weighted by Gasteiger charge is 2.18. The number of carbonyl (C=O) groups excluding carboxylic acids is 2. The van der Waals surface area contributed by atoms with Gasteiger partial charge in [-0.3, -0.25) is 9.59 Å². The van der Waals surface area contributed by atoms with Crippen molar-refractivity contribution in [1.82, 2.24) is 5.32 Å². The molecule has 6 heteroatoms. The van der Waals surface area contributed by atoms with Gasteiger partial charge >= 0.3 is 5.97 Å². The molecule has 0 radical (unpaired) electrons. The highest BCUT2D eigenvalue weighted by Crippen LogP contribution is 2.20. The minimum atomic E-state index is -0.844. The van der Waals surface area contributed by atoms with Gasteiger partial charge in [0.25, 0.3) is 0 Å². The quantitative estimate of drug-likeness (QED) is 0.0320. The first-order valence-corrected chi connectivity index (χ1v) is 42.9. The van der Waals surface area contributed by atoms with Crippen LogP contribution in [-0.4, -0.2) is 47.4 Å². The van der Waals surface area contributed by atoms with E-state index in [1.165, 1.54) is 398 Å². The number of ether oxygens (including phenoxy) is 1. The van der Waals surface area contributed by atoms with E-state index in [9.17, 15) is 19.8 Å². The van der Waals surface area contributed by atoms with Crippen molar-refractivity contribution >= 4 is 11.9 Å². The van der Waals surface area contributed by atoms with E-state index in [0.29, 0.717) is 19.4 Å². The van der Waals surface area contributed by atoms with Gasteiger partial charge in [0.1, 0.15) is 0 Å². The Kier molecular flexibility index (Phi) is 81.3. The minimum absolute atomic E-state index is 0.0180. The van der Waals surface area contributed by atoms with E-state index >= 15 is 0 Å². The summed E-state index contributed by atoms with van der Waals surface area (Å²) in [5, 5.41) is 23.3. The maximum Gasteiger partial charge on any atom is 0.305 e. The third-order valence-electron chi connectivity index (χ3n) is 20.1. The molecule has 0 spiro atoms. The number of hydrogen-bond acceptors (Lipinski definition) is 5. The molecule has 2 atom stereocenters. The molecule has 0 aliphatic rings. The van der Waals surface area contributed by atoms with Gasteiger partial charge in [0, 0.05) is 12.8 Å². The van der Waals surface area contributed by atoms with Crippen LogP contribution in [-0.2, 0) is 14.3 Å². The minimum Gasteiger partial charge on any atom is -0.466 e. The molecular formula is C88H167NO5. The first-order valence-electron chi connectivity index (χ1n) is 42.9. The fourth-order valence-electron chi connectivity index (χ4n) is 13.5. The molecule has 0 saturated heterocycles. The zero-order chi connectivity index (χ0) is 67.7. The number of unbranched alkanes of at least 4 members (excludes halogenated alkanes) is 64. The Bertz CT molecular complexity index is 1570. The predicted octanol–water partition coefficient (Wildman–Crippen LogP) is 28.7. The highest BCUT2D eigenvalue weighted by atomic mass is 16.5. The zero-order valence-corrected chi connectivity index (χ0v) is 63.7. The number of carbonyl (C=O) groups is 2. The Morgan fingerprint density at radius 1 is 0.298 bits per heavy atom. The Labute approximate surface area is 588 Å². The van der Waals surface area contributed by atoms with Crippen molar-refractivity contribution < 1.29 is 24.5 Å². The Hall–Kier alpha value is -2.18. The Morgan fingerprint density at radius 2 is 0.532 bits per heavy atom. The Balaban J connectivity index is 3.37. The third kappa shape index (κ3) is 78.8. The molecule has 94 heavy (non-hydrogen) atoms. The van der Waals surface area contributed by atoms with Gasteiger partial charge in [-0.25, -0.2) is 0 Å². The molecule has 0 aliphatic carbocycles. The van der Waals surface area contributed by atoms with Crippen LogP contribution >= 0.6 is 0 Å². The van der Waals surface area contributed by atoms with Crippen molar-refractivity contribution in [1.29, 1.82) is 0 Å². The molecule has 0 bridgehead atoms. The van der Waals surface area contributed by atoms with E-state index in [1.54, 1.807) is 6.08 Å². The molecule has 0 heterocycles. The van der Waals surface area contributed by atoms with Crippen molar-refractivity contribution in [2.45, 2.75) is 488 Å². The highest BCUT2D eigenvalue weighted by molar-refractivity contribution is 5.76. The number of rotatable bonds is 81. The second-order valence-electron chi connectivity index (χ2n) is 29.5. The molecule has 0 rings (SSSR count). The third-order valence-corrected chi connectivity index (χ3v) is 20.1. The van der Waals surface area contributed by atoms with E-state index in [0.717, 1.165) is 51.4 Å². The lowest BCUT2D eigenvalue weighted by Crippen LogP contribution is -2.45. The summed E-state index contributed by atoms with van der Waals surface area (Å²) in [5.74, 6) is -0.0426. The van der Waals surface area contributed by atoms with Crippen molar-refractivity contribution in [2.24, 2.45) is 0 Å². The summed E-state index contributed by atoms with van der Waals surface area (Å²) in [6, 6.07) is -0.627. The smallest absolute Gasteiger partial charge is 0.305 e. The molecular weight excluding hydrogens is 1150 g/mol. The van der Waals surface area contributed by atoms with E-state index in [2.05, 4.69) is 55.6 Å². The van der Waals surface area contributed by atoms with Gasteiger partial charge in [-0.15, -0.1) is 0 Å². The molecule has 554 valence electrons. The molecule has 0 aromatic heterocycles. The summed E-state index contributed by atoms with van der Waals surface area (Å²) in [5.41, 5.74) is 0. The normalized spacial score (nSPS) is 12.7. The topological polar surface area (TPSA) is 95.9 Å². The first kappa shape index (κ1) is 91.8. The lowest BCUT2D eigenvalue weighted by Gasteiger charge is -2.20. The van der Waals surface area contributed by atoms with Gasteiger partial charge in [0.05, 0.1) is 25.4 Å².